The van der Waals surface area contributed by atoms with Crippen LogP contribution >= 0.6 is 0 Å². The second kappa shape index (κ2) is 20.1. The highest BCUT2D eigenvalue weighted by Crippen LogP contribution is 2.51. The Morgan fingerprint density at radius 3 is 2.37 bits per heavy atom. The molecular formula is C49H72N4O7. The van der Waals surface area contributed by atoms with E-state index in [2.05, 4.69) is 97.3 Å². The largest absolute Gasteiger partial charge is 0.496 e. The molecule has 1 aliphatic carbocycles. The summed E-state index contributed by atoms with van der Waals surface area (Å²) >= 11 is 0. The lowest BCUT2D eigenvalue weighted by molar-refractivity contribution is -0.160. The van der Waals surface area contributed by atoms with E-state index in [1.807, 2.05) is 19.9 Å². The zero-order valence-electron chi connectivity index (χ0n) is 38.4. The Labute approximate surface area is 358 Å². The van der Waals surface area contributed by atoms with Crippen molar-refractivity contribution in [2.75, 3.05) is 59.5 Å². The van der Waals surface area contributed by atoms with Crippen molar-refractivity contribution in [1.82, 2.24) is 15.2 Å². The molecule has 1 saturated carbocycles. The maximum atomic E-state index is 14.8. The third-order valence-electron chi connectivity index (χ3n) is 13.8. The van der Waals surface area contributed by atoms with E-state index < -0.39 is 5.41 Å². The topological polar surface area (TPSA) is 122 Å². The summed E-state index contributed by atoms with van der Waals surface area (Å²) < 4.78 is 24.3. The molecule has 2 aromatic carbocycles. The monoisotopic (exact) mass is 829 g/mol. The number of anilines is 1. The van der Waals surface area contributed by atoms with Crippen LogP contribution in [0.1, 0.15) is 103 Å². The van der Waals surface area contributed by atoms with E-state index in [-0.39, 0.29) is 59.3 Å². The number of H-pyrrole nitrogens is 1. The van der Waals surface area contributed by atoms with Crippen LogP contribution < -0.4 is 15.0 Å². The fourth-order valence-electron chi connectivity index (χ4n) is 10.3. The summed E-state index contributed by atoms with van der Waals surface area (Å²) in [5.41, 5.74) is 4.35. The average Bonchev–Trinajstić information content (AvgIpc) is 3.60. The first-order chi connectivity index (χ1) is 28.6. The molecule has 7 atom stereocenters. The number of nitrogens with one attached hydrogen (secondary N) is 2. The smallest absolute Gasteiger partial charge is 0.322 e. The number of para-hydroxylation sites is 1. The van der Waals surface area contributed by atoms with Crippen molar-refractivity contribution in [2.45, 2.75) is 124 Å². The van der Waals surface area contributed by atoms with Crippen LogP contribution in [0.3, 0.4) is 0 Å². The normalized spacial score (nSPS) is 27.1. The summed E-state index contributed by atoms with van der Waals surface area (Å²) in [6.07, 6.45) is 8.86. The van der Waals surface area contributed by atoms with Crippen LogP contribution in [0.4, 0.5) is 5.69 Å². The van der Waals surface area contributed by atoms with Crippen molar-refractivity contribution in [2.24, 2.45) is 17.3 Å². The third kappa shape index (κ3) is 9.33. The van der Waals surface area contributed by atoms with Crippen LogP contribution in [0.5, 0.6) is 5.75 Å². The van der Waals surface area contributed by atoms with Crippen LogP contribution in [0.25, 0.3) is 10.9 Å². The van der Waals surface area contributed by atoms with Gasteiger partial charge in [-0.25, -0.2) is 0 Å². The minimum absolute atomic E-state index is 0.00391. The molecule has 11 nitrogen and oxygen atoms in total. The van der Waals surface area contributed by atoms with Crippen LogP contribution in [0.15, 0.2) is 48.6 Å². The number of benzene rings is 2. The van der Waals surface area contributed by atoms with Gasteiger partial charge in [0.15, 0.2) is 0 Å². The summed E-state index contributed by atoms with van der Waals surface area (Å²) in [5.74, 6) is 0.629. The van der Waals surface area contributed by atoms with Crippen LogP contribution in [0.2, 0.25) is 0 Å². The van der Waals surface area contributed by atoms with Gasteiger partial charge >= 0.3 is 11.9 Å². The van der Waals surface area contributed by atoms with Gasteiger partial charge in [-0.3, -0.25) is 19.3 Å². The third-order valence-corrected chi connectivity index (χ3v) is 13.8. The van der Waals surface area contributed by atoms with Crippen molar-refractivity contribution in [3.05, 3.63) is 70.9 Å². The molecule has 1 aromatic heterocycles. The quantitative estimate of drug-likeness (QED) is 0.154. The second-order valence-corrected chi connectivity index (χ2v) is 17.7. The number of Topliss-reactive ketones (excluding diaryl/α,β-unsaturated/α-hetero) is 1. The molecule has 5 unspecified atom stereocenters. The lowest BCUT2D eigenvalue weighted by Gasteiger charge is -2.56. The number of rotatable bonds is 10. The Morgan fingerprint density at radius 2 is 1.75 bits per heavy atom. The van der Waals surface area contributed by atoms with Crippen molar-refractivity contribution in [1.29, 1.82) is 0 Å². The van der Waals surface area contributed by atoms with Crippen LogP contribution in [-0.2, 0) is 40.4 Å². The number of hydrogen-bond acceptors (Lipinski definition) is 10. The van der Waals surface area contributed by atoms with Crippen molar-refractivity contribution in [3.63, 3.8) is 0 Å². The molecule has 3 aliphatic rings. The number of methoxy groups -OCH3 is 3. The first-order valence-corrected chi connectivity index (χ1v) is 22.0. The highest BCUT2D eigenvalue weighted by atomic mass is 16.5. The number of aromatic amines is 1. The summed E-state index contributed by atoms with van der Waals surface area (Å²) in [7, 11) is 7.08. The Bertz CT molecular complexity index is 1990. The minimum Gasteiger partial charge on any atom is -0.496 e. The molecule has 2 N–H and O–H groups in total. The fraction of sp³-hybridized carbons (Fsp3) is 0.612. The van der Waals surface area contributed by atoms with Gasteiger partial charge in [0, 0.05) is 97.9 Å². The molecule has 60 heavy (non-hydrogen) atoms. The number of esters is 2. The van der Waals surface area contributed by atoms with Gasteiger partial charge in [-0.15, -0.1) is 0 Å². The predicted molar refractivity (Wildman–Crippen MR) is 240 cm³/mol. The van der Waals surface area contributed by atoms with E-state index in [1.54, 1.807) is 21.1 Å². The standard InChI is InChI=1S/C44H62N4O6.C5H10O/c1-10-43-18-14-20-48(11-2)39(43)23-31(24-40(43)54-30(5)49)47(6)37-25-38(52-8)35(22-29(37)4)44(42(50)53-9)26-28(3)21-32(51-7)27-45-19-17-34-33-15-12-13-16-36(33)46-41(34)44;1-4(2)5(3)6/h12-16,18,22,25,28,31-32,39-40,45-46H,10-11,17,19-21,23-24,26-27H2,1-9H3;4H,1-3H3/t28?,31?,32?,39?,40-,43?,44-;/m0./s1. The van der Waals surface area contributed by atoms with E-state index in [1.165, 1.54) is 14.0 Å². The molecule has 0 amide bonds. The summed E-state index contributed by atoms with van der Waals surface area (Å²) in [5, 5.41) is 4.72. The summed E-state index contributed by atoms with van der Waals surface area (Å²) in [6.45, 7) is 18.9. The summed E-state index contributed by atoms with van der Waals surface area (Å²) in [6, 6.07) is 12.9. The Hall–Kier alpha value is -4.19. The molecule has 0 saturated heterocycles. The zero-order chi connectivity index (χ0) is 43.9. The lowest BCUT2D eigenvalue weighted by atomic mass is 9.63. The molecule has 330 valence electrons. The van der Waals surface area contributed by atoms with Gasteiger partial charge in [0.2, 0.25) is 0 Å². The molecule has 0 spiro atoms. The van der Waals surface area contributed by atoms with E-state index in [4.69, 9.17) is 18.9 Å². The number of aryl methyl sites for hydroxylation is 1. The minimum atomic E-state index is -1.19. The number of hydrogen-bond donors (Lipinski definition) is 2. The molecule has 11 heteroatoms. The highest BCUT2D eigenvalue weighted by molar-refractivity contribution is 5.94. The number of aromatic nitrogens is 1. The number of carbonyl (C=O) groups excluding carboxylic acids is 3. The van der Waals surface area contributed by atoms with E-state index >= 15 is 0 Å². The van der Waals surface area contributed by atoms with Gasteiger partial charge in [0.25, 0.3) is 0 Å². The highest BCUT2D eigenvalue weighted by Gasteiger charge is 2.54. The van der Waals surface area contributed by atoms with Crippen molar-refractivity contribution in [3.8, 4) is 5.75 Å². The second-order valence-electron chi connectivity index (χ2n) is 17.7. The molecular weight excluding hydrogens is 757 g/mol. The van der Waals surface area contributed by atoms with Crippen LogP contribution in [-0.4, -0.2) is 106 Å². The Morgan fingerprint density at radius 1 is 1.03 bits per heavy atom. The van der Waals surface area contributed by atoms with Crippen LogP contribution in [0, 0.1) is 24.2 Å². The zero-order valence-corrected chi connectivity index (χ0v) is 38.4. The number of ether oxygens (including phenoxy) is 4. The molecule has 0 bridgehead atoms. The van der Waals surface area contributed by atoms with Crippen molar-refractivity contribution >= 4 is 34.3 Å². The first-order valence-electron chi connectivity index (χ1n) is 22.0. The van der Waals surface area contributed by atoms with E-state index in [0.717, 1.165) is 90.8 Å². The first kappa shape index (κ1) is 46.9. The van der Waals surface area contributed by atoms with Gasteiger partial charge in [-0.2, -0.15) is 0 Å². The van der Waals surface area contributed by atoms with Gasteiger partial charge < -0.3 is 34.1 Å². The number of likely N-dealkylation sites (N-methyl/N-ethyl adjacent to an activating group) is 1. The van der Waals surface area contributed by atoms with E-state index in [9.17, 15) is 14.4 Å². The number of carbonyl (C=O) groups is 3. The van der Waals surface area contributed by atoms with Crippen molar-refractivity contribution < 1.29 is 33.3 Å². The Kier molecular flexibility index (Phi) is 15.7. The molecule has 1 fully saturated rings. The maximum Gasteiger partial charge on any atom is 0.322 e. The van der Waals surface area contributed by atoms with Gasteiger partial charge in [0.1, 0.15) is 23.1 Å². The van der Waals surface area contributed by atoms with Gasteiger partial charge in [-0.05, 0) is 88.2 Å². The number of nitrogens with zero attached hydrogens (tertiary/aromatic N) is 2. The van der Waals surface area contributed by atoms with Gasteiger partial charge in [-0.1, -0.05) is 65.0 Å². The number of ketones is 1. The average molecular weight is 829 g/mol. The van der Waals surface area contributed by atoms with Gasteiger partial charge in [0.05, 0.1) is 20.3 Å². The summed E-state index contributed by atoms with van der Waals surface area (Å²) in [4.78, 5) is 46.1. The fourth-order valence-corrected chi connectivity index (χ4v) is 10.3. The predicted octanol–water partition coefficient (Wildman–Crippen LogP) is 7.94. The molecule has 6 rings (SSSR count). The lowest BCUT2D eigenvalue weighted by Crippen LogP contribution is -2.62. The van der Waals surface area contributed by atoms with E-state index in [0.29, 0.717) is 18.6 Å². The molecule has 3 aromatic rings. The maximum absolute atomic E-state index is 14.8. The Balaban J connectivity index is 0.00000106. The molecule has 0 radical (unpaired) electrons. The SMILES string of the molecule is CC(=O)C(C)C.CCN1CC=CC2(CC)C1CC(N(C)c1cc(OC)c([C@@]3(C(=O)OC)CC(C)CC(OC)CNCCc4c3[nH]c3ccccc43)cc1C)C[C@@H]2OC(C)=O. The molecule has 2 aliphatic heterocycles. The molecule has 3 heterocycles. The number of fused-ring (bicyclic) bond motifs is 4.